The summed E-state index contributed by atoms with van der Waals surface area (Å²) >= 11 is 0. The van der Waals surface area contributed by atoms with E-state index in [2.05, 4.69) is 10.2 Å². The van der Waals surface area contributed by atoms with Crippen LogP contribution in [0.2, 0.25) is 0 Å². The van der Waals surface area contributed by atoms with E-state index in [1.165, 1.54) is 12.8 Å². The van der Waals surface area contributed by atoms with Crippen LogP contribution in [-0.4, -0.2) is 74.7 Å². The first-order valence-electron chi connectivity index (χ1n) is 7.06. The molecule has 2 saturated heterocycles. The van der Waals surface area contributed by atoms with E-state index in [-0.39, 0.29) is 5.91 Å². The fraction of sp³-hybridized carbons (Fsp3) is 0.923. The van der Waals surface area contributed by atoms with E-state index in [1.54, 1.807) is 0 Å². The van der Waals surface area contributed by atoms with Crippen molar-refractivity contribution in [1.82, 2.24) is 15.1 Å². The molecule has 0 radical (unpaired) electrons. The largest absolute Gasteiger partial charge is 0.377 e. The van der Waals surface area contributed by atoms with Crippen molar-refractivity contribution in [3.8, 4) is 0 Å². The molecule has 2 aliphatic rings. The van der Waals surface area contributed by atoms with Gasteiger partial charge in [-0.15, -0.1) is 0 Å². The zero-order valence-electron chi connectivity index (χ0n) is 11.4. The summed E-state index contributed by atoms with van der Waals surface area (Å²) in [4.78, 5) is 16.2. The molecule has 0 aromatic rings. The molecule has 5 nitrogen and oxygen atoms in total. The Morgan fingerprint density at radius 2 is 2.17 bits per heavy atom. The van der Waals surface area contributed by atoms with Gasteiger partial charge in [-0.05, 0) is 32.9 Å². The molecule has 0 spiro atoms. The molecule has 2 heterocycles. The van der Waals surface area contributed by atoms with Crippen LogP contribution in [0.5, 0.6) is 0 Å². The molecule has 0 bridgehead atoms. The van der Waals surface area contributed by atoms with Gasteiger partial charge < -0.3 is 15.0 Å². The van der Waals surface area contributed by atoms with Gasteiger partial charge in [0.1, 0.15) is 0 Å². The smallest absolute Gasteiger partial charge is 0.236 e. The minimum absolute atomic E-state index is 0.219. The molecule has 2 rings (SSSR count). The number of hydrogen-bond acceptors (Lipinski definition) is 4. The van der Waals surface area contributed by atoms with E-state index in [4.69, 9.17) is 4.74 Å². The summed E-state index contributed by atoms with van der Waals surface area (Å²) in [6.45, 7) is 6.22. The van der Waals surface area contributed by atoms with Gasteiger partial charge in [-0.1, -0.05) is 0 Å². The van der Waals surface area contributed by atoms with E-state index >= 15 is 0 Å². The molecular weight excluding hydrogens is 230 g/mol. The fourth-order valence-electron chi connectivity index (χ4n) is 2.74. The maximum Gasteiger partial charge on any atom is 0.236 e. The van der Waals surface area contributed by atoms with Crippen LogP contribution < -0.4 is 5.32 Å². The van der Waals surface area contributed by atoms with Gasteiger partial charge in [-0.2, -0.15) is 0 Å². The number of likely N-dealkylation sites (N-methyl/N-ethyl adjacent to an activating group) is 1. The van der Waals surface area contributed by atoms with Crippen molar-refractivity contribution >= 4 is 5.91 Å². The third-order valence-corrected chi connectivity index (χ3v) is 3.76. The Kier molecular flexibility index (Phi) is 5.41. The number of hydrogen-bond donors (Lipinski definition) is 1. The van der Waals surface area contributed by atoms with Crippen LogP contribution in [0.4, 0.5) is 0 Å². The Labute approximate surface area is 109 Å². The number of nitrogens with zero attached hydrogens (tertiary/aromatic N) is 2. The van der Waals surface area contributed by atoms with Crippen molar-refractivity contribution in [2.24, 2.45) is 0 Å². The summed E-state index contributed by atoms with van der Waals surface area (Å²) < 4.78 is 5.68. The third-order valence-electron chi connectivity index (χ3n) is 3.76. The molecule has 2 fully saturated rings. The first kappa shape index (κ1) is 13.8. The lowest BCUT2D eigenvalue weighted by Crippen LogP contribution is -2.40. The molecule has 1 amide bonds. The van der Waals surface area contributed by atoms with E-state index < -0.39 is 0 Å². The van der Waals surface area contributed by atoms with E-state index in [1.807, 2.05) is 11.9 Å². The Morgan fingerprint density at radius 1 is 1.28 bits per heavy atom. The summed E-state index contributed by atoms with van der Waals surface area (Å²) in [6, 6.07) is 0. The minimum atomic E-state index is 0.219. The number of carbonyl (C=O) groups is 1. The average molecular weight is 255 g/mol. The Balaban J connectivity index is 1.75. The predicted molar refractivity (Wildman–Crippen MR) is 70.5 cm³/mol. The van der Waals surface area contributed by atoms with Crippen LogP contribution in [0.3, 0.4) is 0 Å². The Hall–Kier alpha value is -0.650. The summed E-state index contributed by atoms with van der Waals surface area (Å²) in [5.41, 5.74) is 0. The van der Waals surface area contributed by atoms with Gasteiger partial charge in [0.25, 0.3) is 0 Å². The van der Waals surface area contributed by atoms with Gasteiger partial charge in [0, 0.05) is 32.8 Å². The fourth-order valence-corrected chi connectivity index (χ4v) is 2.74. The molecule has 1 atom stereocenters. The molecule has 18 heavy (non-hydrogen) atoms. The van der Waals surface area contributed by atoms with Crippen molar-refractivity contribution in [2.75, 3.05) is 52.9 Å². The maximum absolute atomic E-state index is 11.8. The molecule has 0 aromatic heterocycles. The van der Waals surface area contributed by atoms with Gasteiger partial charge in [0.05, 0.1) is 12.6 Å². The van der Waals surface area contributed by atoms with Crippen molar-refractivity contribution in [3.05, 3.63) is 0 Å². The highest BCUT2D eigenvalue weighted by Crippen LogP contribution is 2.14. The Bertz CT molecular complexity index is 267. The predicted octanol–water partition coefficient (Wildman–Crippen LogP) is -0.0809. The molecule has 0 saturated carbocycles. The van der Waals surface area contributed by atoms with Crippen LogP contribution in [0.1, 0.15) is 19.3 Å². The minimum Gasteiger partial charge on any atom is -0.377 e. The molecule has 104 valence electrons. The number of rotatable bonds is 4. The zero-order valence-corrected chi connectivity index (χ0v) is 11.4. The first-order chi connectivity index (χ1) is 8.79. The van der Waals surface area contributed by atoms with E-state index in [9.17, 15) is 4.79 Å². The summed E-state index contributed by atoms with van der Waals surface area (Å²) in [5.74, 6) is 0.219. The van der Waals surface area contributed by atoms with Crippen LogP contribution in [-0.2, 0) is 9.53 Å². The number of ether oxygens (including phenoxy) is 1. The zero-order chi connectivity index (χ0) is 12.8. The van der Waals surface area contributed by atoms with Crippen LogP contribution in [0.15, 0.2) is 0 Å². The van der Waals surface area contributed by atoms with Crippen LogP contribution >= 0.6 is 0 Å². The van der Waals surface area contributed by atoms with Crippen molar-refractivity contribution in [1.29, 1.82) is 0 Å². The van der Waals surface area contributed by atoms with Crippen LogP contribution in [0.25, 0.3) is 0 Å². The van der Waals surface area contributed by atoms with Gasteiger partial charge in [-0.3, -0.25) is 9.69 Å². The summed E-state index contributed by atoms with van der Waals surface area (Å²) in [6.07, 6.45) is 3.89. The molecule has 0 aliphatic carbocycles. The summed E-state index contributed by atoms with van der Waals surface area (Å²) in [7, 11) is 1.82. The van der Waals surface area contributed by atoms with Crippen molar-refractivity contribution in [2.45, 2.75) is 25.4 Å². The highest BCUT2D eigenvalue weighted by atomic mass is 16.5. The van der Waals surface area contributed by atoms with Gasteiger partial charge in [-0.25, -0.2) is 0 Å². The molecule has 1 N–H and O–H groups in total. The van der Waals surface area contributed by atoms with Crippen molar-refractivity contribution < 1.29 is 9.53 Å². The number of carbonyl (C=O) groups excluding carboxylic acids is 1. The molecule has 1 unspecified atom stereocenters. The molecular formula is C13H25N3O2. The molecule has 0 aromatic carbocycles. The SMILES string of the molecule is CNCC(=O)N1CCCN(CC2CCCO2)CC1. The monoisotopic (exact) mass is 255 g/mol. The molecule has 5 heteroatoms. The number of amides is 1. The average Bonchev–Trinajstić information content (AvgIpc) is 2.74. The number of nitrogens with one attached hydrogen (secondary N) is 1. The van der Waals surface area contributed by atoms with E-state index in [0.29, 0.717) is 12.6 Å². The van der Waals surface area contributed by atoms with E-state index in [0.717, 1.165) is 45.8 Å². The lowest BCUT2D eigenvalue weighted by Gasteiger charge is -2.24. The lowest BCUT2D eigenvalue weighted by molar-refractivity contribution is -0.130. The lowest BCUT2D eigenvalue weighted by atomic mass is 10.2. The first-order valence-corrected chi connectivity index (χ1v) is 7.06. The maximum atomic E-state index is 11.8. The summed E-state index contributed by atoms with van der Waals surface area (Å²) in [5, 5.41) is 2.93. The second kappa shape index (κ2) is 7.07. The second-order valence-electron chi connectivity index (χ2n) is 5.20. The normalized spacial score (nSPS) is 26.3. The standard InChI is InChI=1S/C13H25N3O2/c1-14-10-13(17)16-6-3-5-15(7-8-16)11-12-4-2-9-18-12/h12,14H,2-11H2,1H3. The van der Waals surface area contributed by atoms with Gasteiger partial charge in [0.2, 0.25) is 5.91 Å². The van der Waals surface area contributed by atoms with Crippen molar-refractivity contribution in [3.63, 3.8) is 0 Å². The van der Waals surface area contributed by atoms with Crippen LogP contribution in [0, 0.1) is 0 Å². The molecule has 2 aliphatic heterocycles. The topological polar surface area (TPSA) is 44.8 Å². The second-order valence-corrected chi connectivity index (χ2v) is 5.20. The van der Waals surface area contributed by atoms with Gasteiger partial charge in [0.15, 0.2) is 0 Å². The highest BCUT2D eigenvalue weighted by Gasteiger charge is 2.22. The van der Waals surface area contributed by atoms with Gasteiger partial charge >= 0.3 is 0 Å². The highest BCUT2D eigenvalue weighted by molar-refractivity contribution is 5.78. The Morgan fingerprint density at radius 3 is 2.89 bits per heavy atom. The third kappa shape index (κ3) is 3.93. The quantitative estimate of drug-likeness (QED) is 0.763.